The Morgan fingerprint density at radius 2 is 1.78 bits per heavy atom. The molecule has 32 heavy (non-hydrogen) atoms. The number of nitrogens with zero attached hydrogens (tertiary/aromatic N) is 2. The second kappa shape index (κ2) is 9.76. The molecule has 10 heteroatoms. The Morgan fingerprint density at radius 1 is 1.09 bits per heavy atom. The minimum absolute atomic E-state index is 0.0667. The fraction of sp³-hybridized carbons (Fsp3) is 0.273. The van der Waals surface area contributed by atoms with Crippen LogP contribution in [-0.2, 0) is 21.4 Å². The number of anilines is 2. The largest absolute Gasteiger partial charge is 0.326 e. The number of hydrogen-bond donors (Lipinski definition) is 2. The van der Waals surface area contributed by atoms with Crippen LogP contribution in [0, 0.1) is 11.7 Å². The number of thiazole rings is 1. The van der Waals surface area contributed by atoms with Crippen molar-refractivity contribution in [1.29, 1.82) is 0 Å². The van der Waals surface area contributed by atoms with E-state index >= 15 is 0 Å². The van der Waals surface area contributed by atoms with E-state index in [-0.39, 0.29) is 22.5 Å². The maximum Gasteiger partial charge on any atom is 0.263 e. The molecule has 1 aliphatic rings. The van der Waals surface area contributed by atoms with E-state index < -0.39 is 10.0 Å². The second-order valence-corrected chi connectivity index (χ2v) is 10.2. The van der Waals surface area contributed by atoms with Gasteiger partial charge in [0.05, 0.1) is 4.90 Å². The van der Waals surface area contributed by atoms with Gasteiger partial charge in [0, 0.05) is 29.7 Å². The van der Waals surface area contributed by atoms with E-state index in [1.807, 2.05) is 0 Å². The van der Waals surface area contributed by atoms with Gasteiger partial charge in [-0.2, -0.15) is 0 Å². The molecule has 1 amide bonds. The third-order valence-corrected chi connectivity index (χ3v) is 7.54. The molecule has 0 atom stereocenters. The van der Waals surface area contributed by atoms with Crippen molar-refractivity contribution in [1.82, 2.24) is 9.88 Å². The average Bonchev–Trinajstić information content (AvgIpc) is 3.28. The molecule has 1 aromatic heterocycles. The van der Waals surface area contributed by atoms with Crippen LogP contribution < -0.4 is 10.0 Å². The normalized spacial score (nSPS) is 15.4. The molecule has 2 heterocycles. The first-order chi connectivity index (χ1) is 15.4. The Balaban J connectivity index is 1.28. The fourth-order valence-electron chi connectivity index (χ4n) is 3.61. The van der Waals surface area contributed by atoms with E-state index in [2.05, 4.69) is 19.9 Å². The second-order valence-electron chi connectivity index (χ2n) is 7.63. The molecule has 1 fully saturated rings. The van der Waals surface area contributed by atoms with Crippen molar-refractivity contribution < 1.29 is 17.6 Å². The first kappa shape index (κ1) is 22.4. The predicted octanol–water partition coefficient (Wildman–Crippen LogP) is 3.93. The van der Waals surface area contributed by atoms with Gasteiger partial charge < -0.3 is 5.32 Å². The lowest BCUT2D eigenvalue weighted by Crippen LogP contribution is -2.37. The van der Waals surface area contributed by atoms with Gasteiger partial charge in [0.25, 0.3) is 10.0 Å². The predicted molar refractivity (Wildman–Crippen MR) is 122 cm³/mol. The molecule has 2 N–H and O–H groups in total. The highest BCUT2D eigenvalue weighted by Gasteiger charge is 2.25. The molecule has 2 aromatic carbocycles. The molecular weight excluding hydrogens is 451 g/mol. The third kappa shape index (κ3) is 5.70. The Kier molecular flexibility index (Phi) is 6.83. The minimum Gasteiger partial charge on any atom is -0.326 e. The number of rotatable bonds is 7. The Morgan fingerprint density at radius 3 is 2.41 bits per heavy atom. The zero-order chi connectivity index (χ0) is 22.6. The molecule has 1 saturated heterocycles. The molecule has 3 aromatic rings. The first-order valence-electron chi connectivity index (χ1n) is 10.2. The van der Waals surface area contributed by atoms with Gasteiger partial charge in [-0.25, -0.2) is 17.8 Å². The van der Waals surface area contributed by atoms with Gasteiger partial charge in [-0.1, -0.05) is 12.1 Å². The highest BCUT2D eigenvalue weighted by atomic mass is 32.2. The third-order valence-electron chi connectivity index (χ3n) is 5.36. The van der Waals surface area contributed by atoms with Crippen LogP contribution in [0.4, 0.5) is 15.2 Å². The van der Waals surface area contributed by atoms with Crippen molar-refractivity contribution in [3.8, 4) is 0 Å². The molecule has 0 spiro atoms. The Bertz CT molecular complexity index is 1140. The number of hydrogen-bond acceptors (Lipinski definition) is 6. The Labute approximate surface area is 190 Å². The van der Waals surface area contributed by atoms with Crippen LogP contribution in [0.1, 0.15) is 18.4 Å². The molecule has 0 saturated carbocycles. The van der Waals surface area contributed by atoms with Gasteiger partial charge in [0.15, 0.2) is 5.13 Å². The maximum atomic E-state index is 13.0. The maximum absolute atomic E-state index is 13.0. The molecule has 1 aliphatic heterocycles. The van der Waals surface area contributed by atoms with Crippen LogP contribution in [0.3, 0.4) is 0 Å². The van der Waals surface area contributed by atoms with Crippen molar-refractivity contribution in [2.24, 2.45) is 5.92 Å². The number of piperidine rings is 1. The summed E-state index contributed by atoms with van der Waals surface area (Å²) in [5.41, 5.74) is 1.60. The number of amides is 1. The molecule has 0 bridgehead atoms. The summed E-state index contributed by atoms with van der Waals surface area (Å²) >= 11 is 1.20. The lowest BCUT2D eigenvalue weighted by atomic mass is 9.95. The van der Waals surface area contributed by atoms with Crippen LogP contribution in [0.2, 0.25) is 0 Å². The van der Waals surface area contributed by atoms with Crippen LogP contribution in [-0.4, -0.2) is 37.3 Å². The molecule has 4 rings (SSSR count). The smallest absolute Gasteiger partial charge is 0.263 e. The van der Waals surface area contributed by atoms with Gasteiger partial charge in [0.2, 0.25) is 5.91 Å². The van der Waals surface area contributed by atoms with Crippen molar-refractivity contribution in [2.75, 3.05) is 23.1 Å². The minimum atomic E-state index is -3.72. The summed E-state index contributed by atoms with van der Waals surface area (Å²) in [7, 11) is -3.72. The summed E-state index contributed by atoms with van der Waals surface area (Å²) in [4.78, 5) is 18.9. The van der Waals surface area contributed by atoms with Crippen molar-refractivity contribution in [2.45, 2.75) is 24.3 Å². The van der Waals surface area contributed by atoms with Crippen molar-refractivity contribution in [3.05, 3.63) is 71.5 Å². The number of sulfonamides is 1. The van der Waals surface area contributed by atoms with Crippen LogP contribution in [0.25, 0.3) is 0 Å². The fourth-order valence-corrected chi connectivity index (χ4v) is 5.40. The standard InChI is InChI=1S/C22H23FN4O3S2/c23-18-3-1-16(2-4-18)15-27-12-9-17(10-13-27)21(28)25-19-5-7-20(8-6-19)32(29,30)26-22-24-11-14-31-22/h1-8,11,14,17H,9-10,12-13,15H2,(H,24,26)(H,25,28). The molecular formula is C22H23FN4O3S2. The highest BCUT2D eigenvalue weighted by molar-refractivity contribution is 7.93. The van der Waals surface area contributed by atoms with Gasteiger partial charge in [-0.05, 0) is 67.9 Å². The highest BCUT2D eigenvalue weighted by Crippen LogP contribution is 2.23. The number of carbonyl (C=O) groups excluding carboxylic acids is 1. The van der Waals surface area contributed by atoms with Gasteiger partial charge in [0.1, 0.15) is 5.82 Å². The van der Waals surface area contributed by atoms with Crippen molar-refractivity contribution >= 4 is 38.1 Å². The van der Waals surface area contributed by atoms with Gasteiger partial charge in [-0.3, -0.25) is 14.4 Å². The molecule has 0 aliphatic carbocycles. The zero-order valence-corrected chi connectivity index (χ0v) is 18.8. The quantitative estimate of drug-likeness (QED) is 0.541. The first-order valence-corrected chi connectivity index (χ1v) is 12.6. The van der Waals surface area contributed by atoms with E-state index in [1.54, 1.807) is 29.6 Å². The summed E-state index contributed by atoms with van der Waals surface area (Å²) < 4.78 is 40.3. The molecule has 0 unspecified atom stereocenters. The summed E-state index contributed by atoms with van der Waals surface area (Å²) in [6, 6.07) is 12.6. The van der Waals surface area contributed by atoms with Gasteiger partial charge in [-0.15, -0.1) is 11.3 Å². The summed E-state index contributed by atoms with van der Waals surface area (Å²) in [5, 5.41) is 4.87. The Hall–Kier alpha value is -2.82. The average molecular weight is 475 g/mol. The van der Waals surface area contributed by atoms with E-state index in [1.165, 1.54) is 41.8 Å². The molecule has 0 radical (unpaired) electrons. The van der Waals surface area contributed by atoms with Gasteiger partial charge >= 0.3 is 0 Å². The number of benzene rings is 2. The molecule has 168 valence electrons. The number of likely N-dealkylation sites (tertiary alicyclic amines) is 1. The monoisotopic (exact) mass is 474 g/mol. The van der Waals surface area contributed by atoms with E-state index in [9.17, 15) is 17.6 Å². The topological polar surface area (TPSA) is 91.4 Å². The SMILES string of the molecule is O=C(Nc1ccc(S(=O)(=O)Nc2nccs2)cc1)C1CCN(Cc2ccc(F)cc2)CC1. The lowest BCUT2D eigenvalue weighted by molar-refractivity contribution is -0.121. The number of halogens is 1. The summed E-state index contributed by atoms with van der Waals surface area (Å²) in [6.45, 7) is 2.31. The number of aromatic nitrogens is 1. The zero-order valence-electron chi connectivity index (χ0n) is 17.2. The van der Waals surface area contributed by atoms with E-state index in [0.717, 1.165) is 38.0 Å². The lowest BCUT2D eigenvalue weighted by Gasteiger charge is -2.31. The van der Waals surface area contributed by atoms with E-state index in [4.69, 9.17) is 0 Å². The van der Waals surface area contributed by atoms with Crippen molar-refractivity contribution in [3.63, 3.8) is 0 Å². The summed E-state index contributed by atoms with van der Waals surface area (Å²) in [5.74, 6) is -0.414. The number of carbonyl (C=O) groups is 1. The van der Waals surface area contributed by atoms with Crippen LogP contribution in [0.5, 0.6) is 0 Å². The van der Waals surface area contributed by atoms with Crippen LogP contribution >= 0.6 is 11.3 Å². The summed E-state index contributed by atoms with van der Waals surface area (Å²) in [6.07, 6.45) is 2.99. The molecule has 7 nitrogen and oxygen atoms in total. The number of nitrogens with one attached hydrogen (secondary N) is 2. The van der Waals surface area contributed by atoms with Crippen LogP contribution in [0.15, 0.2) is 65.0 Å². The van der Waals surface area contributed by atoms with E-state index in [0.29, 0.717) is 10.8 Å².